The van der Waals surface area contributed by atoms with E-state index in [0.29, 0.717) is 10.6 Å². The molecular weight excluding hydrogens is 376 g/mol. The summed E-state index contributed by atoms with van der Waals surface area (Å²) in [6.07, 6.45) is 0.942. The lowest BCUT2D eigenvalue weighted by atomic mass is 9.85. The minimum Gasteiger partial charge on any atom is -0.344 e. The molecule has 0 bridgehead atoms. The Morgan fingerprint density at radius 2 is 1.96 bits per heavy atom. The first-order valence-electron chi connectivity index (χ1n) is 7.00. The fourth-order valence-corrected chi connectivity index (χ4v) is 2.90. The van der Waals surface area contributed by atoms with Gasteiger partial charge in [-0.1, -0.05) is 27.5 Å². The lowest BCUT2D eigenvalue weighted by molar-refractivity contribution is -0.111. The number of carbonyl (C=O) groups excluding carboxylic acids is 1. The Morgan fingerprint density at radius 3 is 2.52 bits per heavy atom. The molecular formula is C18H16BrClN2O. The van der Waals surface area contributed by atoms with Crippen LogP contribution in [0.1, 0.15) is 25.0 Å². The van der Waals surface area contributed by atoms with E-state index in [9.17, 15) is 4.79 Å². The fourth-order valence-electron chi connectivity index (χ4n) is 2.32. The summed E-state index contributed by atoms with van der Waals surface area (Å²) in [6.45, 7) is 3.76. The Kier molecular flexibility index (Phi) is 5.13. The zero-order chi connectivity index (χ0) is 17.2. The van der Waals surface area contributed by atoms with Crippen molar-refractivity contribution in [3.63, 3.8) is 0 Å². The highest BCUT2D eigenvalue weighted by atomic mass is 79.9. The van der Waals surface area contributed by atoms with E-state index in [-0.39, 0.29) is 0 Å². The van der Waals surface area contributed by atoms with Gasteiger partial charge < -0.3 is 9.69 Å². The van der Waals surface area contributed by atoms with Crippen LogP contribution in [0.15, 0.2) is 40.9 Å². The fraction of sp³-hybridized carbons (Fsp3) is 0.222. The smallest absolute Gasteiger partial charge is 0.130 e. The van der Waals surface area contributed by atoms with Crippen LogP contribution in [0.5, 0.6) is 0 Å². The van der Waals surface area contributed by atoms with Crippen molar-refractivity contribution in [2.45, 2.75) is 19.3 Å². The maximum Gasteiger partial charge on any atom is 0.130 e. The van der Waals surface area contributed by atoms with Gasteiger partial charge in [-0.25, -0.2) is 0 Å². The van der Waals surface area contributed by atoms with Crippen LogP contribution in [0.3, 0.4) is 0 Å². The summed E-state index contributed by atoms with van der Waals surface area (Å²) in [5, 5.41) is 9.39. The second kappa shape index (κ2) is 6.74. The number of hydrogen-bond acceptors (Lipinski definition) is 3. The van der Waals surface area contributed by atoms with Gasteiger partial charge in [-0.05, 0) is 55.8 Å². The Balaban J connectivity index is 2.56. The van der Waals surface area contributed by atoms with Crippen LogP contribution in [0, 0.1) is 11.3 Å². The van der Waals surface area contributed by atoms with E-state index in [2.05, 4.69) is 22.0 Å². The van der Waals surface area contributed by atoms with Gasteiger partial charge in [0.2, 0.25) is 0 Å². The molecule has 118 valence electrons. The Labute approximate surface area is 149 Å². The second-order valence-corrected chi connectivity index (χ2v) is 7.16. The molecule has 2 rings (SSSR count). The van der Waals surface area contributed by atoms with Gasteiger partial charge in [0, 0.05) is 28.3 Å². The van der Waals surface area contributed by atoms with Crippen molar-refractivity contribution in [2.75, 3.05) is 11.9 Å². The Hall–Kier alpha value is -1.83. The van der Waals surface area contributed by atoms with E-state index in [1.807, 2.05) is 50.1 Å². The molecule has 2 aromatic carbocycles. The molecule has 0 spiro atoms. The number of benzene rings is 2. The van der Waals surface area contributed by atoms with Crippen molar-refractivity contribution in [3.05, 3.63) is 57.0 Å². The largest absolute Gasteiger partial charge is 0.344 e. The van der Waals surface area contributed by atoms with Crippen molar-refractivity contribution in [3.8, 4) is 6.07 Å². The van der Waals surface area contributed by atoms with Crippen LogP contribution in [0.2, 0.25) is 5.02 Å². The van der Waals surface area contributed by atoms with Crippen LogP contribution in [-0.4, -0.2) is 13.3 Å². The number of carbonyl (C=O) groups is 1. The zero-order valence-electron chi connectivity index (χ0n) is 13.1. The maximum absolute atomic E-state index is 11.5. The van der Waals surface area contributed by atoms with Gasteiger partial charge in [-0.15, -0.1) is 0 Å². The number of halogens is 2. The van der Waals surface area contributed by atoms with Gasteiger partial charge in [-0.3, -0.25) is 0 Å². The third-order valence-corrected chi connectivity index (χ3v) is 4.58. The molecule has 0 atom stereocenters. The summed E-state index contributed by atoms with van der Waals surface area (Å²) >= 11 is 9.59. The highest BCUT2D eigenvalue weighted by molar-refractivity contribution is 9.10. The van der Waals surface area contributed by atoms with Crippen molar-refractivity contribution in [2.24, 2.45) is 0 Å². The maximum atomic E-state index is 11.5. The van der Waals surface area contributed by atoms with Crippen LogP contribution >= 0.6 is 27.5 Å². The topological polar surface area (TPSA) is 44.1 Å². The van der Waals surface area contributed by atoms with Crippen LogP contribution in [0.4, 0.5) is 11.4 Å². The van der Waals surface area contributed by atoms with Crippen molar-refractivity contribution >= 4 is 45.2 Å². The molecule has 0 aliphatic carbocycles. The highest BCUT2D eigenvalue weighted by Gasteiger charge is 2.25. The summed E-state index contributed by atoms with van der Waals surface area (Å²) in [7, 11) is 1.91. The molecule has 3 nitrogen and oxygen atoms in total. The normalized spacial score (nSPS) is 11.0. The van der Waals surface area contributed by atoms with E-state index in [0.717, 1.165) is 27.7 Å². The summed E-state index contributed by atoms with van der Waals surface area (Å²) in [6, 6.07) is 13.2. The molecule has 0 aromatic heterocycles. The van der Waals surface area contributed by atoms with Gasteiger partial charge in [-0.2, -0.15) is 5.26 Å². The molecule has 0 amide bonds. The molecule has 0 aliphatic heterocycles. The lowest BCUT2D eigenvalue weighted by Crippen LogP contribution is -2.23. The van der Waals surface area contributed by atoms with Gasteiger partial charge in [0.15, 0.2) is 0 Å². The van der Waals surface area contributed by atoms with E-state index >= 15 is 0 Å². The SMILES string of the molecule is CN(c1ccc(C#N)c(Cl)c1)c1ccc(Br)cc1C(C)(C)C=O. The molecule has 0 saturated carbocycles. The van der Waals surface area contributed by atoms with Gasteiger partial charge >= 0.3 is 0 Å². The standard InChI is InChI=1S/C18H16BrClN2O/c1-18(2,11-23)15-8-13(19)5-7-17(15)22(3)14-6-4-12(10-21)16(20)9-14/h4-9,11H,1-3H3. The third-order valence-electron chi connectivity index (χ3n) is 3.77. The van der Waals surface area contributed by atoms with Gasteiger partial charge in [0.05, 0.1) is 10.6 Å². The average molecular weight is 392 g/mol. The van der Waals surface area contributed by atoms with E-state index in [4.69, 9.17) is 16.9 Å². The number of aldehydes is 1. The molecule has 0 heterocycles. The molecule has 5 heteroatoms. The molecule has 0 aliphatic rings. The predicted octanol–water partition coefficient (Wildman–Crippen LogP) is 5.22. The lowest BCUT2D eigenvalue weighted by Gasteiger charge is -2.28. The number of hydrogen-bond donors (Lipinski definition) is 0. The zero-order valence-corrected chi connectivity index (χ0v) is 15.4. The summed E-state index contributed by atoms with van der Waals surface area (Å²) in [5.74, 6) is 0. The molecule has 0 radical (unpaired) electrons. The first-order valence-corrected chi connectivity index (χ1v) is 8.17. The number of anilines is 2. The Morgan fingerprint density at radius 1 is 1.26 bits per heavy atom. The van der Waals surface area contributed by atoms with Crippen LogP contribution < -0.4 is 4.90 Å². The summed E-state index contributed by atoms with van der Waals surface area (Å²) in [4.78, 5) is 13.5. The molecule has 0 N–H and O–H groups in total. The van der Waals surface area contributed by atoms with Crippen molar-refractivity contribution < 1.29 is 4.79 Å². The average Bonchev–Trinajstić information content (AvgIpc) is 2.54. The minimum atomic E-state index is -0.621. The van der Waals surface area contributed by atoms with E-state index < -0.39 is 5.41 Å². The highest BCUT2D eigenvalue weighted by Crippen LogP contribution is 2.37. The van der Waals surface area contributed by atoms with Crippen LogP contribution in [-0.2, 0) is 10.2 Å². The van der Waals surface area contributed by atoms with Crippen LogP contribution in [0.25, 0.3) is 0 Å². The molecule has 23 heavy (non-hydrogen) atoms. The molecule has 0 saturated heterocycles. The van der Waals surface area contributed by atoms with Crippen molar-refractivity contribution in [1.29, 1.82) is 5.26 Å². The second-order valence-electron chi connectivity index (χ2n) is 5.84. The monoisotopic (exact) mass is 390 g/mol. The number of nitrogens with zero attached hydrogens (tertiary/aromatic N) is 2. The van der Waals surface area contributed by atoms with E-state index in [1.54, 1.807) is 12.1 Å². The number of nitriles is 1. The molecule has 0 unspecified atom stereocenters. The summed E-state index contributed by atoms with van der Waals surface area (Å²) in [5.41, 5.74) is 2.48. The molecule has 0 fully saturated rings. The van der Waals surface area contributed by atoms with Gasteiger partial charge in [0.1, 0.15) is 12.4 Å². The third kappa shape index (κ3) is 3.57. The number of rotatable bonds is 4. The predicted molar refractivity (Wildman–Crippen MR) is 97.5 cm³/mol. The van der Waals surface area contributed by atoms with Crippen molar-refractivity contribution in [1.82, 2.24) is 0 Å². The first kappa shape index (κ1) is 17.5. The summed E-state index contributed by atoms with van der Waals surface area (Å²) < 4.78 is 0.914. The van der Waals surface area contributed by atoms with E-state index in [1.165, 1.54) is 0 Å². The molecule has 2 aromatic rings. The minimum absolute atomic E-state index is 0.408. The quantitative estimate of drug-likeness (QED) is 0.671. The van der Waals surface area contributed by atoms with Gasteiger partial charge in [0.25, 0.3) is 0 Å². The first-order chi connectivity index (χ1) is 10.8. The Bertz CT molecular complexity index is 796.